The second kappa shape index (κ2) is 4.60. The fourth-order valence-electron chi connectivity index (χ4n) is 2.95. The van der Waals surface area contributed by atoms with Crippen LogP contribution >= 0.6 is 0 Å². The number of hydrogen-bond acceptors (Lipinski definition) is 3. The van der Waals surface area contributed by atoms with E-state index in [2.05, 4.69) is 41.7 Å². The lowest BCUT2D eigenvalue weighted by molar-refractivity contribution is 0.357. The predicted molar refractivity (Wildman–Crippen MR) is 77.4 cm³/mol. The molecule has 102 valence electrons. The topological polar surface area (TPSA) is 42.7 Å². The van der Waals surface area contributed by atoms with Crippen LogP contribution in [0.15, 0.2) is 18.3 Å². The quantitative estimate of drug-likeness (QED) is 0.855. The summed E-state index contributed by atoms with van der Waals surface area (Å²) in [6.45, 7) is 8.87. The van der Waals surface area contributed by atoms with Crippen molar-refractivity contribution in [1.29, 1.82) is 0 Å². The Bertz CT molecular complexity index is 573. The summed E-state index contributed by atoms with van der Waals surface area (Å²) in [5.74, 6) is 1.76. The Kier molecular flexibility index (Phi) is 3.05. The van der Waals surface area contributed by atoms with Crippen LogP contribution in [0.2, 0.25) is 0 Å². The van der Waals surface area contributed by atoms with E-state index in [0.717, 1.165) is 24.3 Å². The number of piperidine rings is 1. The van der Waals surface area contributed by atoms with Gasteiger partial charge in [0.25, 0.3) is 0 Å². The SMILES string of the molecule is CC(C)(C)n1c(C2CCNCC2)nc2cccnc21. The molecule has 3 rings (SSSR count). The Labute approximate surface area is 114 Å². The maximum absolute atomic E-state index is 4.88. The number of pyridine rings is 1. The molecule has 0 radical (unpaired) electrons. The number of rotatable bonds is 1. The summed E-state index contributed by atoms with van der Waals surface area (Å²) in [7, 11) is 0. The Morgan fingerprint density at radius 2 is 2.00 bits per heavy atom. The molecule has 0 amide bonds. The van der Waals surface area contributed by atoms with Crippen LogP contribution in [-0.4, -0.2) is 27.6 Å². The monoisotopic (exact) mass is 258 g/mol. The highest BCUT2D eigenvalue weighted by atomic mass is 15.2. The van der Waals surface area contributed by atoms with Gasteiger partial charge in [-0.1, -0.05) is 0 Å². The van der Waals surface area contributed by atoms with Gasteiger partial charge in [-0.05, 0) is 58.8 Å². The van der Waals surface area contributed by atoms with Crippen LogP contribution in [-0.2, 0) is 5.54 Å². The molecule has 0 atom stereocenters. The summed E-state index contributed by atoms with van der Waals surface area (Å²) in [4.78, 5) is 9.42. The van der Waals surface area contributed by atoms with E-state index >= 15 is 0 Å². The van der Waals surface area contributed by atoms with Gasteiger partial charge in [0, 0.05) is 17.7 Å². The van der Waals surface area contributed by atoms with Crippen molar-refractivity contribution in [3.8, 4) is 0 Å². The van der Waals surface area contributed by atoms with Crippen LogP contribution in [0.1, 0.15) is 45.4 Å². The molecule has 1 aliphatic heterocycles. The third-order valence-corrected chi connectivity index (χ3v) is 3.82. The zero-order valence-corrected chi connectivity index (χ0v) is 12.0. The lowest BCUT2D eigenvalue weighted by Crippen LogP contribution is -2.31. The first-order valence-electron chi connectivity index (χ1n) is 7.12. The van der Waals surface area contributed by atoms with Gasteiger partial charge in [0.05, 0.1) is 0 Å². The molecule has 1 N–H and O–H groups in total. The average Bonchev–Trinajstić information content (AvgIpc) is 2.79. The number of aromatic nitrogens is 3. The molecule has 19 heavy (non-hydrogen) atoms. The van der Waals surface area contributed by atoms with Crippen LogP contribution in [0, 0.1) is 0 Å². The molecule has 0 unspecified atom stereocenters. The minimum atomic E-state index is 0.0172. The van der Waals surface area contributed by atoms with Gasteiger partial charge in [0.15, 0.2) is 5.65 Å². The molecule has 3 heterocycles. The fraction of sp³-hybridized carbons (Fsp3) is 0.600. The van der Waals surface area contributed by atoms with Crippen molar-refractivity contribution in [2.75, 3.05) is 13.1 Å². The largest absolute Gasteiger partial charge is 0.317 e. The van der Waals surface area contributed by atoms with Crippen LogP contribution in [0.5, 0.6) is 0 Å². The zero-order chi connectivity index (χ0) is 13.5. The van der Waals surface area contributed by atoms with E-state index in [0.29, 0.717) is 5.92 Å². The van der Waals surface area contributed by atoms with Crippen molar-refractivity contribution in [2.24, 2.45) is 0 Å². The van der Waals surface area contributed by atoms with Gasteiger partial charge < -0.3 is 9.88 Å². The summed E-state index contributed by atoms with van der Waals surface area (Å²) < 4.78 is 2.33. The molecule has 4 nitrogen and oxygen atoms in total. The number of hydrogen-bond donors (Lipinski definition) is 1. The summed E-state index contributed by atoms with van der Waals surface area (Å²) in [6, 6.07) is 4.03. The molecule has 0 aromatic carbocycles. The van der Waals surface area contributed by atoms with Gasteiger partial charge in [0.2, 0.25) is 0 Å². The maximum Gasteiger partial charge on any atom is 0.160 e. The molecular formula is C15H22N4. The van der Waals surface area contributed by atoms with E-state index in [1.165, 1.54) is 18.7 Å². The molecule has 2 aromatic heterocycles. The Balaban J connectivity index is 2.17. The summed E-state index contributed by atoms with van der Waals surface area (Å²) in [5.41, 5.74) is 2.05. The van der Waals surface area contributed by atoms with E-state index in [4.69, 9.17) is 4.98 Å². The summed E-state index contributed by atoms with van der Waals surface area (Å²) in [5, 5.41) is 3.42. The van der Waals surface area contributed by atoms with E-state index < -0.39 is 0 Å². The molecule has 1 aliphatic rings. The third-order valence-electron chi connectivity index (χ3n) is 3.82. The van der Waals surface area contributed by atoms with Gasteiger partial charge in [-0.2, -0.15) is 0 Å². The van der Waals surface area contributed by atoms with Crippen LogP contribution in [0.25, 0.3) is 11.2 Å². The van der Waals surface area contributed by atoms with Gasteiger partial charge >= 0.3 is 0 Å². The van der Waals surface area contributed by atoms with Crippen molar-refractivity contribution in [3.05, 3.63) is 24.2 Å². The first-order chi connectivity index (χ1) is 9.07. The van der Waals surface area contributed by atoms with Gasteiger partial charge in [0.1, 0.15) is 11.3 Å². The lowest BCUT2D eigenvalue weighted by Gasteiger charge is -2.29. The average molecular weight is 258 g/mol. The summed E-state index contributed by atoms with van der Waals surface area (Å²) in [6.07, 6.45) is 4.19. The second-order valence-electron chi connectivity index (χ2n) is 6.35. The van der Waals surface area contributed by atoms with Gasteiger partial charge in [-0.3, -0.25) is 0 Å². The predicted octanol–water partition coefficient (Wildman–Crippen LogP) is 2.65. The number of nitrogens with zero attached hydrogens (tertiary/aromatic N) is 3. The Morgan fingerprint density at radius 3 is 2.68 bits per heavy atom. The standard InChI is InChI=1S/C15H22N4/c1-15(2,3)19-13(11-6-9-16-10-7-11)18-12-5-4-8-17-14(12)19/h4-5,8,11,16H,6-7,9-10H2,1-3H3. The molecule has 2 aromatic rings. The lowest BCUT2D eigenvalue weighted by atomic mass is 9.96. The maximum atomic E-state index is 4.88. The van der Waals surface area contributed by atoms with Crippen molar-refractivity contribution in [3.63, 3.8) is 0 Å². The van der Waals surface area contributed by atoms with Crippen LogP contribution in [0.3, 0.4) is 0 Å². The normalized spacial score (nSPS) is 18.1. The Morgan fingerprint density at radius 1 is 1.26 bits per heavy atom. The van der Waals surface area contributed by atoms with Crippen LogP contribution in [0.4, 0.5) is 0 Å². The van der Waals surface area contributed by atoms with Crippen molar-refractivity contribution in [1.82, 2.24) is 19.9 Å². The smallest absolute Gasteiger partial charge is 0.160 e. The second-order valence-corrected chi connectivity index (χ2v) is 6.35. The fourth-order valence-corrected chi connectivity index (χ4v) is 2.95. The van der Waals surface area contributed by atoms with Gasteiger partial charge in [-0.25, -0.2) is 9.97 Å². The highest BCUT2D eigenvalue weighted by Gasteiger charge is 2.27. The van der Waals surface area contributed by atoms with Crippen LogP contribution < -0.4 is 5.32 Å². The minimum absolute atomic E-state index is 0.0172. The van der Waals surface area contributed by atoms with Crippen molar-refractivity contribution in [2.45, 2.75) is 45.1 Å². The molecular weight excluding hydrogens is 236 g/mol. The van der Waals surface area contributed by atoms with E-state index in [1.807, 2.05) is 12.3 Å². The molecule has 0 spiro atoms. The number of nitrogens with one attached hydrogen (secondary N) is 1. The van der Waals surface area contributed by atoms with E-state index in [-0.39, 0.29) is 5.54 Å². The molecule has 1 fully saturated rings. The number of imidazole rings is 1. The molecule has 4 heteroatoms. The number of fused-ring (bicyclic) bond motifs is 1. The highest BCUT2D eigenvalue weighted by Crippen LogP contribution is 2.31. The molecule has 0 aliphatic carbocycles. The van der Waals surface area contributed by atoms with Crippen molar-refractivity contribution < 1.29 is 0 Å². The van der Waals surface area contributed by atoms with Crippen molar-refractivity contribution >= 4 is 11.2 Å². The highest BCUT2D eigenvalue weighted by molar-refractivity contribution is 5.71. The zero-order valence-electron chi connectivity index (χ0n) is 12.0. The summed E-state index contributed by atoms with van der Waals surface area (Å²) >= 11 is 0. The first-order valence-corrected chi connectivity index (χ1v) is 7.12. The molecule has 0 saturated carbocycles. The Hall–Kier alpha value is -1.42. The minimum Gasteiger partial charge on any atom is -0.317 e. The van der Waals surface area contributed by atoms with E-state index in [9.17, 15) is 0 Å². The van der Waals surface area contributed by atoms with Gasteiger partial charge in [-0.15, -0.1) is 0 Å². The first kappa shape index (κ1) is 12.6. The van der Waals surface area contributed by atoms with E-state index in [1.54, 1.807) is 0 Å². The molecule has 0 bridgehead atoms. The third kappa shape index (κ3) is 2.25. The molecule has 1 saturated heterocycles.